The van der Waals surface area contributed by atoms with Gasteiger partial charge in [0.15, 0.2) is 0 Å². The fourth-order valence-corrected chi connectivity index (χ4v) is 3.25. The highest BCUT2D eigenvalue weighted by Gasteiger charge is 2.38. The molecule has 0 saturated heterocycles. The highest BCUT2D eigenvalue weighted by molar-refractivity contribution is 6.31. The number of ether oxygens (including phenoxy) is 1. The Hall–Kier alpha value is -3.19. The molecular weight excluding hydrogens is 472 g/mol. The molecule has 4 rings (SSSR count). The van der Waals surface area contributed by atoms with E-state index in [0.717, 1.165) is 5.69 Å². The Morgan fingerprint density at radius 3 is 2.70 bits per heavy atom. The van der Waals surface area contributed by atoms with Crippen LogP contribution in [0.1, 0.15) is 5.69 Å². The normalized spacial score (nSPS) is 13.3. The van der Waals surface area contributed by atoms with Crippen molar-refractivity contribution >= 4 is 40.2 Å². The molecule has 0 saturated carbocycles. The zero-order valence-corrected chi connectivity index (χ0v) is 18.0. The first-order valence-corrected chi connectivity index (χ1v) is 9.94. The zero-order chi connectivity index (χ0) is 24.2. The Morgan fingerprint density at radius 2 is 2.03 bits per heavy atom. The van der Waals surface area contributed by atoms with Gasteiger partial charge in [-0.1, -0.05) is 17.7 Å². The van der Waals surface area contributed by atoms with E-state index >= 15 is 0 Å². The second kappa shape index (κ2) is 10.2. The second-order valence-corrected chi connectivity index (χ2v) is 7.22. The summed E-state index contributed by atoms with van der Waals surface area (Å²) in [5.41, 5.74) is 1.48. The van der Waals surface area contributed by atoms with Crippen molar-refractivity contribution in [2.24, 2.45) is 0 Å². The number of hydrogen-bond acceptors (Lipinski definition) is 7. The predicted octanol–water partition coefficient (Wildman–Crippen LogP) is 3.33. The maximum atomic E-state index is 14.3. The molecule has 0 spiro atoms. The Balaban J connectivity index is 0.000000383. The monoisotopic (exact) mass is 490 g/mol. The van der Waals surface area contributed by atoms with Gasteiger partial charge in [0.2, 0.25) is 5.95 Å². The van der Waals surface area contributed by atoms with Crippen LogP contribution >= 0.6 is 11.6 Å². The molecular formula is C19H19ClF4N6O3. The number of fused-ring (bicyclic) bond motifs is 2. The van der Waals surface area contributed by atoms with Crippen molar-refractivity contribution in [3.05, 3.63) is 40.9 Å². The maximum absolute atomic E-state index is 14.3. The van der Waals surface area contributed by atoms with Gasteiger partial charge in [0.25, 0.3) is 0 Å². The van der Waals surface area contributed by atoms with E-state index in [1.807, 2.05) is 9.58 Å². The predicted molar refractivity (Wildman–Crippen MR) is 112 cm³/mol. The van der Waals surface area contributed by atoms with E-state index in [1.54, 1.807) is 25.4 Å². The van der Waals surface area contributed by atoms with Crippen molar-refractivity contribution in [3.63, 3.8) is 0 Å². The van der Waals surface area contributed by atoms with E-state index in [1.165, 1.54) is 6.07 Å². The van der Waals surface area contributed by atoms with Crippen molar-refractivity contribution in [2.75, 3.05) is 37.0 Å². The van der Waals surface area contributed by atoms with E-state index in [0.29, 0.717) is 60.5 Å². The Bertz CT molecular complexity index is 1140. The number of halogens is 5. The largest absolute Gasteiger partial charge is 0.490 e. The van der Waals surface area contributed by atoms with Gasteiger partial charge in [-0.25, -0.2) is 14.2 Å². The van der Waals surface area contributed by atoms with Crippen LogP contribution in [0.2, 0.25) is 5.02 Å². The van der Waals surface area contributed by atoms with Gasteiger partial charge in [0.05, 0.1) is 47.5 Å². The molecule has 1 aliphatic rings. The Labute approximate surface area is 189 Å². The quantitative estimate of drug-likeness (QED) is 0.414. The van der Waals surface area contributed by atoms with Crippen LogP contribution in [-0.2, 0) is 22.6 Å². The molecule has 0 amide bonds. The summed E-state index contributed by atoms with van der Waals surface area (Å²) in [5.74, 6) is -2.11. The summed E-state index contributed by atoms with van der Waals surface area (Å²) in [6.45, 7) is 2.96. The highest BCUT2D eigenvalue weighted by atomic mass is 35.5. The Morgan fingerprint density at radius 1 is 1.30 bits per heavy atom. The van der Waals surface area contributed by atoms with E-state index in [-0.39, 0.29) is 5.82 Å². The van der Waals surface area contributed by atoms with Gasteiger partial charge < -0.3 is 20.1 Å². The summed E-state index contributed by atoms with van der Waals surface area (Å²) in [7, 11) is 1.62. The van der Waals surface area contributed by atoms with Crippen molar-refractivity contribution in [2.45, 2.75) is 19.3 Å². The number of carboxylic acids is 1. The van der Waals surface area contributed by atoms with E-state index < -0.39 is 12.1 Å². The third kappa shape index (κ3) is 5.79. The summed E-state index contributed by atoms with van der Waals surface area (Å²) in [6.07, 6.45) is -3.44. The number of alkyl halides is 3. The lowest BCUT2D eigenvalue weighted by Gasteiger charge is -2.28. The fourth-order valence-electron chi connectivity index (χ4n) is 3.05. The molecule has 1 aliphatic heterocycles. The van der Waals surface area contributed by atoms with Gasteiger partial charge in [0.1, 0.15) is 11.6 Å². The van der Waals surface area contributed by atoms with E-state index in [4.69, 9.17) is 26.2 Å². The lowest BCUT2D eigenvalue weighted by molar-refractivity contribution is -0.192. The summed E-state index contributed by atoms with van der Waals surface area (Å²) in [4.78, 5) is 20.1. The molecule has 14 heteroatoms. The third-order valence-electron chi connectivity index (χ3n) is 4.60. The number of nitrogens with zero attached hydrogens (tertiary/aromatic N) is 5. The average Bonchev–Trinajstić information content (AvgIpc) is 3.13. The van der Waals surface area contributed by atoms with Crippen LogP contribution in [0.5, 0.6) is 0 Å². The molecule has 2 N–H and O–H groups in total. The first-order chi connectivity index (χ1) is 15.6. The van der Waals surface area contributed by atoms with Crippen LogP contribution in [0.4, 0.5) is 29.3 Å². The van der Waals surface area contributed by atoms with Crippen LogP contribution in [0, 0.1) is 5.82 Å². The molecule has 0 unspecified atom stereocenters. The zero-order valence-electron chi connectivity index (χ0n) is 17.2. The number of nitrogens with one attached hydrogen (secondary N) is 1. The molecule has 0 atom stereocenters. The van der Waals surface area contributed by atoms with Crippen LogP contribution in [-0.4, -0.2) is 63.8 Å². The van der Waals surface area contributed by atoms with Crippen molar-refractivity contribution < 1.29 is 32.2 Å². The van der Waals surface area contributed by atoms with Crippen molar-refractivity contribution in [3.8, 4) is 0 Å². The molecule has 3 heterocycles. The van der Waals surface area contributed by atoms with Gasteiger partial charge in [0, 0.05) is 20.2 Å². The van der Waals surface area contributed by atoms with E-state index in [9.17, 15) is 17.6 Å². The van der Waals surface area contributed by atoms with Gasteiger partial charge in [-0.2, -0.15) is 23.3 Å². The number of benzene rings is 1. The maximum Gasteiger partial charge on any atom is 0.490 e. The minimum Gasteiger partial charge on any atom is -0.475 e. The summed E-state index contributed by atoms with van der Waals surface area (Å²) in [6, 6.07) is 4.84. The van der Waals surface area contributed by atoms with Crippen LogP contribution < -0.4 is 10.2 Å². The van der Waals surface area contributed by atoms with Crippen LogP contribution in [0.15, 0.2) is 24.4 Å². The summed E-state index contributed by atoms with van der Waals surface area (Å²) >= 11 is 6.22. The Kier molecular flexibility index (Phi) is 7.53. The molecule has 3 aromatic rings. The highest BCUT2D eigenvalue weighted by Crippen LogP contribution is 2.29. The molecule has 1 aromatic carbocycles. The lowest BCUT2D eigenvalue weighted by atomic mass is 10.2. The summed E-state index contributed by atoms with van der Waals surface area (Å²) in [5, 5.41) is 15.5. The van der Waals surface area contributed by atoms with Crippen LogP contribution in [0.25, 0.3) is 10.9 Å². The minimum absolute atomic E-state index is 0.353. The molecule has 0 radical (unpaired) electrons. The number of aliphatic carboxylic acids is 1. The first kappa shape index (κ1) is 24.5. The minimum atomic E-state index is -5.08. The number of rotatable bonds is 5. The number of aromatic nitrogens is 4. The first-order valence-electron chi connectivity index (χ1n) is 9.56. The number of anilines is 2. The molecule has 178 valence electrons. The molecule has 33 heavy (non-hydrogen) atoms. The molecule has 0 bridgehead atoms. The molecule has 9 nitrogen and oxygen atoms in total. The number of carbonyl (C=O) groups is 1. The number of carboxylic acid groups (broad SMARTS) is 1. The summed E-state index contributed by atoms with van der Waals surface area (Å²) < 4.78 is 53.0. The topological polar surface area (TPSA) is 105 Å². The lowest BCUT2D eigenvalue weighted by Crippen LogP contribution is -2.35. The molecule has 0 fully saturated rings. The smallest absolute Gasteiger partial charge is 0.475 e. The standard InChI is InChI=1S/C17H18ClFN6O.C2HF3O2/c1-26-8-5-20-16-15-12(19)3-2-4-13(15)22-17(23-16)24-6-7-25-14(10-24)11(18)9-21-25;3-2(4,5)1(6)7/h2-4,9H,5-8,10H2,1H3,(H,20,22,23);(H,6,7). The van der Waals surface area contributed by atoms with E-state index in [2.05, 4.69) is 20.4 Å². The number of methoxy groups -OCH3 is 1. The fraction of sp³-hybridized carbons (Fsp3) is 0.368. The SMILES string of the molecule is COCCNc1nc(N2CCn3ncc(Cl)c3C2)nc2cccc(F)c12.O=C(O)C(F)(F)F. The van der Waals surface area contributed by atoms with Crippen molar-refractivity contribution in [1.29, 1.82) is 0 Å². The third-order valence-corrected chi connectivity index (χ3v) is 4.92. The second-order valence-electron chi connectivity index (χ2n) is 6.81. The van der Waals surface area contributed by atoms with Crippen LogP contribution in [0.3, 0.4) is 0 Å². The van der Waals surface area contributed by atoms with Gasteiger partial charge in [-0.05, 0) is 12.1 Å². The van der Waals surface area contributed by atoms with Gasteiger partial charge >= 0.3 is 12.1 Å². The van der Waals surface area contributed by atoms with Gasteiger partial charge in [-0.3, -0.25) is 4.68 Å². The average molecular weight is 491 g/mol. The molecule has 2 aromatic heterocycles. The number of hydrogen-bond donors (Lipinski definition) is 2. The van der Waals surface area contributed by atoms with Crippen molar-refractivity contribution in [1.82, 2.24) is 19.7 Å². The van der Waals surface area contributed by atoms with Gasteiger partial charge in [-0.15, -0.1) is 0 Å². The molecule has 0 aliphatic carbocycles.